The van der Waals surface area contributed by atoms with E-state index < -0.39 is 38.6 Å². The van der Waals surface area contributed by atoms with Gasteiger partial charge in [0.2, 0.25) is 5.91 Å². The SMILES string of the molecule is CCCCCCCCCC/C=C/CC/C=C/CC/C=C/C(O)C(COP(=O)(O)OCCN)NC(=O)CC(O)CCCCCCC/C=C\CCCCCCCCCCCC. The molecule has 10 heteroatoms. The van der Waals surface area contributed by atoms with Gasteiger partial charge in [-0.3, -0.25) is 13.8 Å². The number of amides is 1. The first-order valence-electron chi connectivity index (χ1n) is 24.3. The van der Waals surface area contributed by atoms with Gasteiger partial charge in [0, 0.05) is 6.54 Å². The van der Waals surface area contributed by atoms with Gasteiger partial charge in [-0.25, -0.2) is 4.57 Å². The highest BCUT2D eigenvalue weighted by Crippen LogP contribution is 2.43. The zero-order valence-corrected chi connectivity index (χ0v) is 39.0. The summed E-state index contributed by atoms with van der Waals surface area (Å²) in [7, 11) is -4.42. The molecule has 0 aliphatic rings. The van der Waals surface area contributed by atoms with E-state index in [1.54, 1.807) is 6.08 Å². The van der Waals surface area contributed by atoms with E-state index in [9.17, 15) is 24.5 Å². The molecule has 0 saturated carbocycles. The first-order valence-corrected chi connectivity index (χ1v) is 25.8. The Morgan fingerprint density at radius 2 is 0.966 bits per heavy atom. The van der Waals surface area contributed by atoms with Crippen molar-refractivity contribution in [3.8, 4) is 0 Å². The molecule has 0 aromatic rings. The van der Waals surface area contributed by atoms with Crippen LogP contribution in [0.2, 0.25) is 0 Å². The molecule has 0 aliphatic heterocycles. The zero-order valence-electron chi connectivity index (χ0n) is 38.1. The van der Waals surface area contributed by atoms with Crippen LogP contribution in [0.5, 0.6) is 0 Å². The number of carbonyl (C=O) groups excluding carboxylic acids is 1. The summed E-state index contributed by atoms with van der Waals surface area (Å²) in [6, 6.07) is -1.01. The number of hydrogen-bond acceptors (Lipinski definition) is 7. The van der Waals surface area contributed by atoms with E-state index in [0.29, 0.717) is 12.8 Å². The maximum atomic E-state index is 12.8. The Morgan fingerprint density at radius 1 is 0.576 bits per heavy atom. The second-order valence-corrected chi connectivity index (χ2v) is 17.9. The molecule has 0 aromatic heterocycles. The monoisotopic (exact) mass is 853 g/mol. The van der Waals surface area contributed by atoms with Crippen LogP contribution in [-0.2, 0) is 18.4 Å². The molecule has 4 atom stereocenters. The van der Waals surface area contributed by atoms with Gasteiger partial charge >= 0.3 is 7.82 Å². The molecule has 0 fully saturated rings. The molecule has 1 amide bonds. The number of phosphoric acid groups is 1. The number of carbonyl (C=O) groups is 1. The lowest BCUT2D eigenvalue weighted by Crippen LogP contribution is -2.46. The predicted octanol–water partition coefficient (Wildman–Crippen LogP) is 13.0. The van der Waals surface area contributed by atoms with Crippen molar-refractivity contribution >= 4 is 13.7 Å². The Balaban J connectivity index is 4.32. The maximum absolute atomic E-state index is 12.8. The average Bonchev–Trinajstić information content (AvgIpc) is 3.21. The van der Waals surface area contributed by atoms with Crippen LogP contribution >= 0.6 is 7.82 Å². The predicted molar refractivity (Wildman–Crippen MR) is 250 cm³/mol. The highest BCUT2D eigenvalue weighted by molar-refractivity contribution is 7.47. The fourth-order valence-electron chi connectivity index (χ4n) is 6.97. The number of aliphatic hydroxyl groups is 2. The van der Waals surface area contributed by atoms with Crippen LogP contribution in [0, 0.1) is 0 Å². The van der Waals surface area contributed by atoms with Crippen LogP contribution in [-0.4, -0.2) is 59.0 Å². The van der Waals surface area contributed by atoms with E-state index in [1.807, 2.05) is 6.08 Å². The van der Waals surface area contributed by atoms with E-state index >= 15 is 0 Å². The van der Waals surface area contributed by atoms with Gasteiger partial charge < -0.3 is 26.2 Å². The summed E-state index contributed by atoms with van der Waals surface area (Å²) in [5.74, 6) is -0.464. The number of aliphatic hydroxyl groups excluding tert-OH is 2. The van der Waals surface area contributed by atoms with Crippen LogP contribution in [0.1, 0.15) is 219 Å². The molecule has 4 unspecified atom stereocenters. The average molecular weight is 853 g/mol. The van der Waals surface area contributed by atoms with Crippen LogP contribution < -0.4 is 11.1 Å². The van der Waals surface area contributed by atoms with E-state index in [1.165, 1.54) is 128 Å². The Kier molecular flexibility index (Phi) is 43.3. The van der Waals surface area contributed by atoms with Gasteiger partial charge in [-0.05, 0) is 70.6 Å². The molecule has 0 heterocycles. The number of rotatable bonds is 45. The fraction of sp³-hybridized carbons (Fsp3) is 0.816. The van der Waals surface area contributed by atoms with Crippen molar-refractivity contribution in [3.63, 3.8) is 0 Å². The van der Waals surface area contributed by atoms with Crippen molar-refractivity contribution in [2.45, 2.75) is 238 Å². The number of allylic oxidation sites excluding steroid dienone is 7. The van der Waals surface area contributed by atoms with Gasteiger partial charge in [0.05, 0.1) is 37.9 Å². The Bertz CT molecular complexity index is 1080. The van der Waals surface area contributed by atoms with Crippen molar-refractivity contribution in [1.82, 2.24) is 5.32 Å². The summed E-state index contributed by atoms with van der Waals surface area (Å²) < 4.78 is 22.1. The third-order valence-electron chi connectivity index (χ3n) is 10.7. The van der Waals surface area contributed by atoms with Crippen molar-refractivity contribution in [1.29, 1.82) is 0 Å². The van der Waals surface area contributed by atoms with Crippen molar-refractivity contribution in [2.75, 3.05) is 19.8 Å². The fourth-order valence-corrected chi connectivity index (χ4v) is 7.73. The van der Waals surface area contributed by atoms with Crippen molar-refractivity contribution in [3.05, 3.63) is 48.6 Å². The molecule has 9 nitrogen and oxygen atoms in total. The number of phosphoric ester groups is 1. The largest absolute Gasteiger partial charge is 0.472 e. The molecule has 0 radical (unpaired) electrons. The number of nitrogens with one attached hydrogen (secondary N) is 1. The number of nitrogens with two attached hydrogens (primary N) is 1. The smallest absolute Gasteiger partial charge is 0.393 e. The summed E-state index contributed by atoms with van der Waals surface area (Å²) >= 11 is 0. The van der Waals surface area contributed by atoms with Gasteiger partial charge in [0.15, 0.2) is 0 Å². The van der Waals surface area contributed by atoms with Crippen molar-refractivity contribution < 1.29 is 33.5 Å². The lowest BCUT2D eigenvalue weighted by Gasteiger charge is -2.24. The molecule has 59 heavy (non-hydrogen) atoms. The van der Waals surface area contributed by atoms with Crippen LogP contribution in [0.25, 0.3) is 0 Å². The lowest BCUT2D eigenvalue weighted by molar-refractivity contribution is -0.124. The first kappa shape index (κ1) is 57.4. The molecule has 346 valence electrons. The molecule has 0 bridgehead atoms. The molecule has 0 saturated heterocycles. The third-order valence-corrected chi connectivity index (χ3v) is 11.6. The topological polar surface area (TPSA) is 151 Å². The first-order chi connectivity index (χ1) is 28.8. The minimum atomic E-state index is -4.42. The summed E-state index contributed by atoms with van der Waals surface area (Å²) in [6.45, 7) is 3.95. The molecular formula is C49H93N2O7P. The minimum absolute atomic E-state index is 0.0404. The molecule has 0 spiro atoms. The van der Waals surface area contributed by atoms with E-state index in [2.05, 4.69) is 55.6 Å². The molecule has 6 N–H and O–H groups in total. The summed E-state index contributed by atoms with van der Waals surface area (Å²) in [5.41, 5.74) is 5.37. The standard InChI is InChI=1S/C49H93N2O7P/c1-3-5-7-9-11-13-15-17-19-21-23-24-26-28-30-32-34-36-38-40-46(52)44-49(54)51-47(45-58-59(55,56)57-43-42-50)48(53)41-39-37-35-33-31-29-27-25-22-20-18-16-14-12-10-8-6-4-2/h22,24-26,31,33,39,41,46-48,52-53H,3-21,23,27-30,32,34-38,40,42-45,50H2,1-2H3,(H,51,54)(H,55,56)/b25-22+,26-24-,33-31+,41-39+. The van der Waals surface area contributed by atoms with Crippen LogP contribution in [0.3, 0.4) is 0 Å². The summed E-state index contributed by atoms with van der Waals surface area (Å²) in [5, 5.41) is 24.1. The van der Waals surface area contributed by atoms with Crippen LogP contribution in [0.15, 0.2) is 48.6 Å². The lowest BCUT2D eigenvalue weighted by atomic mass is 10.0. The quantitative estimate of drug-likeness (QED) is 0.0231. The maximum Gasteiger partial charge on any atom is 0.472 e. The summed E-state index contributed by atoms with van der Waals surface area (Å²) in [4.78, 5) is 22.8. The van der Waals surface area contributed by atoms with Gasteiger partial charge in [-0.1, -0.05) is 191 Å². The van der Waals surface area contributed by atoms with Crippen LogP contribution in [0.4, 0.5) is 0 Å². The third kappa shape index (κ3) is 42.9. The molecule has 0 rings (SSSR count). The Labute approximate surface area is 363 Å². The van der Waals surface area contributed by atoms with Gasteiger partial charge in [-0.15, -0.1) is 0 Å². The van der Waals surface area contributed by atoms with Gasteiger partial charge in [0.1, 0.15) is 0 Å². The number of unbranched alkanes of at least 4 members (excludes halogenated alkanes) is 25. The van der Waals surface area contributed by atoms with Gasteiger partial charge in [-0.2, -0.15) is 0 Å². The minimum Gasteiger partial charge on any atom is -0.393 e. The zero-order chi connectivity index (χ0) is 43.3. The Morgan fingerprint density at radius 3 is 1.41 bits per heavy atom. The highest BCUT2D eigenvalue weighted by Gasteiger charge is 2.27. The van der Waals surface area contributed by atoms with Crippen molar-refractivity contribution in [2.24, 2.45) is 5.73 Å². The van der Waals surface area contributed by atoms with Gasteiger partial charge in [0.25, 0.3) is 0 Å². The normalized spacial score (nSPS) is 14.9. The second-order valence-electron chi connectivity index (χ2n) is 16.5. The summed E-state index contributed by atoms with van der Waals surface area (Å²) in [6.07, 6.45) is 52.0. The highest BCUT2D eigenvalue weighted by atomic mass is 31.2. The molecule has 0 aliphatic carbocycles. The van der Waals surface area contributed by atoms with E-state index in [4.69, 9.17) is 14.8 Å². The molecular weight excluding hydrogens is 760 g/mol. The molecule has 0 aromatic carbocycles. The number of hydrogen-bond donors (Lipinski definition) is 5. The Hall–Kier alpha value is -1.58. The second kappa shape index (κ2) is 44.5. The van der Waals surface area contributed by atoms with E-state index in [-0.39, 0.29) is 19.6 Å². The van der Waals surface area contributed by atoms with E-state index in [0.717, 1.165) is 57.8 Å².